The van der Waals surface area contributed by atoms with Gasteiger partial charge in [0.15, 0.2) is 0 Å². The number of H-pyrrole nitrogens is 1. The van der Waals surface area contributed by atoms with Gasteiger partial charge in [-0.25, -0.2) is 10.1 Å². The summed E-state index contributed by atoms with van der Waals surface area (Å²) in [5.41, 5.74) is 6.98. The lowest BCUT2D eigenvalue weighted by atomic mass is 9.96. The topological polar surface area (TPSA) is 114 Å². The van der Waals surface area contributed by atoms with Gasteiger partial charge < -0.3 is 15.4 Å². The Labute approximate surface area is 191 Å². The first-order chi connectivity index (χ1) is 15.6. The van der Waals surface area contributed by atoms with E-state index >= 15 is 0 Å². The number of hydrogen-bond acceptors (Lipinski definition) is 8. The number of halogens is 1. The van der Waals surface area contributed by atoms with Gasteiger partial charge in [-0.2, -0.15) is 10.1 Å². The average Bonchev–Trinajstić information content (AvgIpc) is 3.48. The number of ether oxygens (including phenoxy) is 1. The van der Waals surface area contributed by atoms with E-state index in [4.69, 9.17) is 22.1 Å². The number of nitrogens with zero attached hydrogens (tertiary/aromatic N) is 7. The molecule has 2 aliphatic rings. The predicted octanol–water partition coefficient (Wildman–Crippen LogP) is 1.61. The van der Waals surface area contributed by atoms with Crippen LogP contribution in [0.15, 0.2) is 36.9 Å². The monoisotopic (exact) mass is 457 g/mol. The van der Waals surface area contributed by atoms with E-state index in [9.17, 15) is 0 Å². The molecule has 32 heavy (non-hydrogen) atoms. The zero-order valence-corrected chi connectivity index (χ0v) is 18.6. The second-order valence-corrected chi connectivity index (χ2v) is 8.93. The van der Waals surface area contributed by atoms with E-state index in [2.05, 4.69) is 47.2 Å². The first kappa shape index (κ1) is 21.2. The van der Waals surface area contributed by atoms with Gasteiger partial charge in [0.1, 0.15) is 12.7 Å². The Morgan fingerprint density at radius 2 is 2.00 bits per heavy atom. The SMILES string of the molecule is Nc1nc(N2CCC(N3CC(Cn4cncn4)OCC3Cc3ccc(Cl)cc3)CC2)n[nH]1. The zero-order valence-electron chi connectivity index (χ0n) is 17.8. The van der Waals surface area contributed by atoms with Crippen LogP contribution in [0, 0.1) is 0 Å². The summed E-state index contributed by atoms with van der Waals surface area (Å²) in [5, 5.41) is 12.0. The summed E-state index contributed by atoms with van der Waals surface area (Å²) in [7, 11) is 0. The second kappa shape index (κ2) is 9.43. The molecule has 0 radical (unpaired) electrons. The number of hydrogen-bond donors (Lipinski definition) is 2. The van der Waals surface area contributed by atoms with E-state index in [1.807, 2.05) is 16.8 Å². The Morgan fingerprint density at radius 3 is 2.69 bits per heavy atom. The molecule has 2 atom stereocenters. The largest absolute Gasteiger partial charge is 0.373 e. The fraction of sp³-hybridized carbons (Fsp3) is 0.524. The third-order valence-electron chi connectivity index (χ3n) is 6.36. The number of nitrogen functional groups attached to an aromatic ring is 1. The summed E-state index contributed by atoms with van der Waals surface area (Å²) < 4.78 is 8.12. The van der Waals surface area contributed by atoms with Gasteiger partial charge in [-0.15, -0.1) is 5.10 Å². The summed E-state index contributed by atoms with van der Waals surface area (Å²) in [6, 6.07) is 8.93. The van der Waals surface area contributed by atoms with Gasteiger partial charge in [-0.3, -0.25) is 9.58 Å². The van der Waals surface area contributed by atoms with Crippen molar-refractivity contribution in [2.24, 2.45) is 0 Å². The number of aromatic amines is 1. The van der Waals surface area contributed by atoms with Crippen LogP contribution in [0.1, 0.15) is 18.4 Å². The first-order valence-electron chi connectivity index (χ1n) is 11.0. The lowest BCUT2D eigenvalue weighted by molar-refractivity contribution is -0.0883. The fourth-order valence-electron chi connectivity index (χ4n) is 4.75. The van der Waals surface area contributed by atoms with Gasteiger partial charge in [0, 0.05) is 36.7 Å². The van der Waals surface area contributed by atoms with Crippen LogP contribution < -0.4 is 10.6 Å². The highest BCUT2D eigenvalue weighted by molar-refractivity contribution is 6.30. The molecule has 0 spiro atoms. The summed E-state index contributed by atoms with van der Waals surface area (Å²) in [5.74, 6) is 1.04. The van der Waals surface area contributed by atoms with Crippen molar-refractivity contribution in [2.45, 2.75) is 44.0 Å². The molecule has 5 rings (SSSR count). The van der Waals surface area contributed by atoms with Crippen molar-refractivity contribution in [2.75, 3.05) is 36.9 Å². The van der Waals surface area contributed by atoms with Crippen molar-refractivity contribution in [1.29, 1.82) is 0 Å². The Balaban J connectivity index is 1.27. The van der Waals surface area contributed by atoms with Crippen molar-refractivity contribution in [3.63, 3.8) is 0 Å². The predicted molar refractivity (Wildman–Crippen MR) is 121 cm³/mol. The van der Waals surface area contributed by atoms with E-state index < -0.39 is 0 Å². The number of rotatable bonds is 6. The quantitative estimate of drug-likeness (QED) is 0.573. The van der Waals surface area contributed by atoms with Crippen molar-refractivity contribution in [3.8, 4) is 0 Å². The Kier molecular flexibility index (Phi) is 6.24. The lowest BCUT2D eigenvalue weighted by Crippen LogP contribution is -2.57. The molecule has 0 saturated carbocycles. The minimum absolute atomic E-state index is 0.0870. The maximum atomic E-state index is 6.27. The summed E-state index contributed by atoms with van der Waals surface area (Å²) >= 11 is 6.08. The number of anilines is 2. The van der Waals surface area contributed by atoms with Crippen LogP contribution in [0.2, 0.25) is 5.02 Å². The van der Waals surface area contributed by atoms with Gasteiger partial charge in [0.25, 0.3) is 0 Å². The lowest BCUT2D eigenvalue weighted by Gasteiger charge is -2.46. The van der Waals surface area contributed by atoms with Crippen LogP contribution in [-0.2, 0) is 17.7 Å². The highest BCUT2D eigenvalue weighted by Crippen LogP contribution is 2.27. The molecule has 2 aromatic heterocycles. The number of nitrogens with one attached hydrogen (secondary N) is 1. The molecular formula is C21H28ClN9O. The van der Waals surface area contributed by atoms with Crippen molar-refractivity contribution in [3.05, 3.63) is 47.5 Å². The standard InChI is InChI=1S/C21H28ClN9O/c22-16-3-1-15(2-4-16)9-18-12-32-19(10-30-14-24-13-25-30)11-31(18)17-5-7-29(8-6-17)21-26-20(23)27-28-21/h1-4,13-14,17-19H,5-12H2,(H3,23,26,27,28). The van der Waals surface area contributed by atoms with E-state index in [1.165, 1.54) is 5.56 Å². The maximum Gasteiger partial charge on any atom is 0.246 e. The molecule has 0 aliphatic carbocycles. The van der Waals surface area contributed by atoms with Crippen molar-refractivity contribution < 1.29 is 4.74 Å². The number of nitrogens with two attached hydrogens (primary N) is 1. The molecule has 2 unspecified atom stereocenters. The van der Waals surface area contributed by atoms with Crippen LogP contribution in [0.25, 0.3) is 0 Å². The van der Waals surface area contributed by atoms with E-state index in [0.717, 1.165) is 43.9 Å². The number of aromatic nitrogens is 6. The molecule has 0 bridgehead atoms. The van der Waals surface area contributed by atoms with E-state index in [1.54, 1.807) is 12.7 Å². The van der Waals surface area contributed by atoms with Gasteiger partial charge in [0.2, 0.25) is 11.9 Å². The summed E-state index contributed by atoms with van der Waals surface area (Å²) in [6.07, 6.45) is 6.42. The molecular weight excluding hydrogens is 430 g/mol. The van der Waals surface area contributed by atoms with Crippen LogP contribution >= 0.6 is 11.6 Å². The molecule has 170 valence electrons. The highest BCUT2D eigenvalue weighted by Gasteiger charge is 2.36. The zero-order chi connectivity index (χ0) is 21.9. The smallest absolute Gasteiger partial charge is 0.246 e. The van der Waals surface area contributed by atoms with Crippen LogP contribution in [0.3, 0.4) is 0 Å². The third-order valence-corrected chi connectivity index (χ3v) is 6.61. The molecule has 0 amide bonds. The highest BCUT2D eigenvalue weighted by atomic mass is 35.5. The van der Waals surface area contributed by atoms with Gasteiger partial charge in [-0.05, 0) is 37.0 Å². The third kappa shape index (κ3) is 4.87. The molecule has 2 aliphatic heterocycles. The summed E-state index contributed by atoms with van der Waals surface area (Å²) in [4.78, 5) is 13.2. The van der Waals surface area contributed by atoms with Gasteiger partial charge >= 0.3 is 0 Å². The average molecular weight is 458 g/mol. The maximum absolute atomic E-state index is 6.27. The van der Waals surface area contributed by atoms with Crippen molar-refractivity contribution >= 4 is 23.5 Å². The molecule has 3 N–H and O–H groups in total. The number of benzene rings is 1. The van der Waals surface area contributed by atoms with Crippen LogP contribution in [-0.4, -0.2) is 79.3 Å². The van der Waals surface area contributed by atoms with Crippen molar-refractivity contribution in [1.82, 2.24) is 34.8 Å². The molecule has 3 aromatic rings. The van der Waals surface area contributed by atoms with Gasteiger partial charge in [-0.1, -0.05) is 23.7 Å². The van der Waals surface area contributed by atoms with Crippen LogP contribution in [0.4, 0.5) is 11.9 Å². The molecule has 10 nitrogen and oxygen atoms in total. The number of piperidine rings is 1. The minimum Gasteiger partial charge on any atom is -0.373 e. The van der Waals surface area contributed by atoms with E-state index in [-0.39, 0.29) is 6.10 Å². The molecule has 2 saturated heterocycles. The molecule has 2 fully saturated rings. The van der Waals surface area contributed by atoms with Gasteiger partial charge in [0.05, 0.1) is 19.3 Å². The Morgan fingerprint density at radius 1 is 1.19 bits per heavy atom. The minimum atomic E-state index is 0.0870. The molecule has 11 heteroatoms. The first-order valence-corrected chi connectivity index (χ1v) is 11.4. The van der Waals surface area contributed by atoms with Crippen LogP contribution in [0.5, 0.6) is 0 Å². The number of morpholine rings is 1. The Bertz CT molecular complexity index is 985. The Hall–Kier alpha value is -2.69. The second-order valence-electron chi connectivity index (χ2n) is 8.49. The molecule has 4 heterocycles. The van der Waals surface area contributed by atoms with E-state index in [0.29, 0.717) is 37.1 Å². The fourth-order valence-corrected chi connectivity index (χ4v) is 4.87. The normalized spacial score (nSPS) is 23.0. The summed E-state index contributed by atoms with van der Waals surface area (Å²) in [6.45, 7) is 4.08. The molecule has 1 aromatic carbocycles.